The predicted octanol–water partition coefficient (Wildman–Crippen LogP) is 1.55. The van der Waals surface area contributed by atoms with Gasteiger partial charge in [0.15, 0.2) is 0 Å². The van der Waals surface area contributed by atoms with Crippen molar-refractivity contribution in [2.45, 2.75) is 26.3 Å². The molecular formula is C14H23BrN4O2. The van der Waals surface area contributed by atoms with Crippen molar-refractivity contribution in [1.82, 2.24) is 14.7 Å². The molecule has 0 radical (unpaired) electrons. The molecule has 0 saturated carbocycles. The molecule has 1 aromatic rings. The lowest BCUT2D eigenvalue weighted by molar-refractivity contribution is 0.0398. The highest BCUT2D eigenvalue weighted by Gasteiger charge is 2.11. The average Bonchev–Trinajstić information content (AvgIpc) is 2.52. The van der Waals surface area contributed by atoms with Crippen molar-refractivity contribution < 1.29 is 4.74 Å². The molecule has 21 heavy (non-hydrogen) atoms. The van der Waals surface area contributed by atoms with Crippen LogP contribution in [0.5, 0.6) is 0 Å². The molecule has 0 spiro atoms. The molecule has 0 bridgehead atoms. The van der Waals surface area contributed by atoms with Crippen LogP contribution in [-0.2, 0) is 11.3 Å². The molecule has 0 atom stereocenters. The van der Waals surface area contributed by atoms with E-state index in [0.717, 1.165) is 57.9 Å². The van der Waals surface area contributed by atoms with Crippen molar-refractivity contribution in [3.8, 4) is 0 Å². The van der Waals surface area contributed by atoms with Gasteiger partial charge in [0.1, 0.15) is 4.47 Å². The van der Waals surface area contributed by atoms with Crippen molar-refractivity contribution in [2.75, 3.05) is 44.7 Å². The Labute approximate surface area is 133 Å². The van der Waals surface area contributed by atoms with Crippen LogP contribution in [0.2, 0.25) is 0 Å². The van der Waals surface area contributed by atoms with Gasteiger partial charge in [-0.05, 0) is 22.4 Å². The van der Waals surface area contributed by atoms with Crippen LogP contribution in [-0.4, -0.2) is 54.1 Å². The molecule has 118 valence electrons. The standard InChI is InChI=1S/C14H23BrN4O2/c1-2-3-5-19-14(20)13(15)12(11-17-19)16-4-6-18-7-9-21-10-8-18/h11,16H,2-10H2,1H3. The van der Waals surface area contributed by atoms with Gasteiger partial charge >= 0.3 is 0 Å². The minimum absolute atomic E-state index is 0.0696. The summed E-state index contributed by atoms with van der Waals surface area (Å²) in [5, 5.41) is 7.50. The molecule has 6 nitrogen and oxygen atoms in total. The fourth-order valence-electron chi connectivity index (χ4n) is 2.23. The summed E-state index contributed by atoms with van der Waals surface area (Å²) in [6.45, 7) is 8.05. The van der Waals surface area contributed by atoms with Crippen LogP contribution >= 0.6 is 15.9 Å². The van der Waals surface area contributed by atoms with Crippen LogP contribution in [0.3, 0.4) is 0 Å². The fraction of sp³-hybridized carbons (Fsp3) is 0.714. The van der Waals surface area contributed by atoms with Gasteiger partial charge in [-0.1, -0.05) is 13.3 Å². The quantitative estimate of drug-likeness (QED) is 0.801. The molecular weight excluding hydrogens is 336 g/mol. The predicted molar refractivity (Wildman–Crippen MR) is 86.9 cm³/mol. The molecule has 0 amide bonds. The SMILES string of the molecule is CCCCn1ncc(NCCN2CCOCC2)c(Br)c1=O. The fourth-order valence-corrected chi connectivity index (χ4v) is 2.68. The number of nitrogens with zero attached hydrogens (tertiary/aromatic N) is 3. The van der Waals surface area contributed by atoms with Crippen molar-refractivity contribution in [2.24, 2.45) is 0 Å². The number of halogens is 1. The van der Waals surface area contributed by atoms with E-state index >= 15 is 0 Å². The molecule has 1 fully saturated rings. The zero-order chi connectivity index (χ0) is 15.1. The number of rotatable bonds is 7. The molecule has 2 heterocycles. The van der Waals surface area contributed by atoms with Crippen molar-refractivity contribution in [3.05, 3.63) is 21.0 Å². The van der Waals surface area contributed by atoms with Crippen molar-refractivity contribution in [3.63, 3.8) is 0 Å². The molecule has 0 aliphatic carbocycles. The zero-order valence-corrected chi connectivity index (χ0v) is 14.1. The Morgan fingerprint density at radius 1 is 1.38 bits per heavy atom. The van der Waals surface area contributed by atoms with Gasteiger partial charge < -0.3 is 10.1 Å². The zero-order valence-electron chi connectivity index (χ0n) is 12.5. The van der Waals surface area contributed by atoms with E-state index in [4.69, 9.17) is 4.74 Å². The minimum Gasteiger partial charge on any atom is -0.381 e. The number of morpholine rings is 1. The normalized spacial score (nSPS) is 16.1. The Hall–Kier alpha value is -0.920. The minimum atomic E-state index is -0.0696. The molecule has 1 aliphatic heterocycles. The lowest BCUT2D eigenvalue weighted by Gasteiger charge is -2.26. The Morgan fingerprint density at radius 3 is 2.86 bits per heavy atom. The van der Waals surface area contributed by atoms with Crippen molar-refractivity contribution >= 4 is 21.6 Å². The lowest BCUT2D eigenvalue weighted by Crippen LogP contribution is -2.39. The van der Waals surface area contributed by atoms with Crippen LogP contribution in [0.25, 0.3) is 0 Å². The second kappa shape index (κ2) is 8.51. The van der Waals surface area contributed by atoms with Gasteiger partial charge in [-0.15, -0.1) is 0 Å². The topological polar surface area (TPSA) is 59.4 Å². The van der Waals surface area contributed by atoms with Crippen LogP contribution < -0.4 is 10.9 Å². The lowest BCUT2D eigenvalue weighted by atomic mass is 10.3. The van der Waals surface area contributed by atoms with E-state index in [1.165, 1.54) is 4.68 Å². The molecule has 1 aromatic heterocycles. The number of nitrogens with one attached hydrogen (secondary N) is 1. The van der Waals surface area contributed by atoms with E-state index in [0.29, 0.717) is 11.0 Å². The number of ether oxygens (including phenoxy) is 1. The Kier molecular flexibility index (Phi) is 6.66. The van der Waals surface area contributed by atoms with Gasteiger partial charge in [0, 0.05) is 32.7 Å². The third kappa shape index (κ3) is 4.79. The van der Waals surface area contributed by atoms with Gasteiger partial charge in [0.25, 0.3) is 5.56 Å². The molecule has 7 heteroatoms. The highest BCUT2D eigenvalue weighted by atomic mass is 79.9. The smallest absolute Gasteiger partial charge is 0.283 e. The average molecular weight is 359 g/mol. The molecule has 1 aliphatic rings. The Balaban J connectivity index is 1.88. The molecule has 1 N–H and O–H groups in total. The summed E-state index contributed by atoms with van der Waals surface area (Å²) >= 11 is 3.38. The highest BCUT2D eigenvalue weighted by molar-refractivity contribution is 9.10. The molecule has 2 rings (SSSR count). The first kappa shape index (κ1) is 16.5. The summed E-state index contributed by atoms with van der Waals surface area (Å²) < 4.78 is 7.40. The van der Waals surface area contributed by atoms with Crippen LogP contribution in [0, 0.1) is 0 Å². The van der Waals surface area contributed by atoms with E-state index in [9.17, 15) is 4.79 Å². The molecule has 0 unspecified atom stereocenters. The largest absolute Gasteiger partial charge is 0.381 e. The van der Waals surface area contributed by atoms with Gasteiger partial charge in [0.2, 0.25) is 0 Å². The highest BCUT2D eigenvalue weighted by Crippen LogP contribution is 2.15. The van der Waals surface area contributed by atoms with Crippen LogP contribution in [0.15, 0.2) is 15.5 Å². The van der Waals surface area contributed by atoms with E-state index < -0.39 is 0 Å². The number of hydrogen-bond donors (Lipinski definition) is 1. The summed E-state index contributed by atoms with van der Waals surface area (Å²) in [5.74, 6) is 0. The van der Waals surface area contributed by atoms with Gasteiger partial charge in [0.05, 0.1) is 25.1 Å². The van der Waals surface area contributed by atoms with Gasteiger partial charge in [-0.25, -0.2) is 4.68 Å². The van der Waals surface area contributed by atoms with E-state index in [1.807, 2.05) is 0 Å². The number of hydrogen-bond acceptors (Lipinski definition) is 5. The first-order valence-electron chi connectivity index (χ1n) is 7.52. The Bertz CT molecular complexity index is 500. The summed E-state index contributed by atoms with van der Waals surface area (Å²) in [6, 6.07) is 0. The molecule has 0 aromatic carbocycles. The maximum atomic E-state index is 12.1. The second-order valence-electron chi connectivity index (χ2n) is 5.13. The third-order valence-electron chi connectivity index (χ3n) is 3.56. The number of aromatic nitrogens is 2. The van der Waals surface area contributed by atoms with E-state index in [-0.39, 0.29) is 5.56 Å². The van der Waals surface area contributed by atoms with Crippen molar-refractivity contribution in [1.29, 1.82) is 0 Å². The number of anilines is 1. The summed E-state index contributed by atoms with van der Waals surface area (Å²) in [6.07, 6.45) is 3.73. The number of unbranched alkanes of at least 4 members (excludes halogenated alkanes) is 1. The first-order chi connectivity index (χ1) is 10.2. The maximum absolute atomic E-state index is 12.1. The third-order valence-corrected chi connectivity index (χ3v) is 4.32. The van der Waals surface area contributed by atoms with Crippen LogP contribution in [0.4, 0.5) is 5.69 Å². The van der Waals surface area contributed by atoms with E-state index in [1.54, 1.807) is 6.20 Å². The second-order valence-corrected chi connectivity index (χ2v) is 5.93. The monoisotopic (exact) mass is 358 g/mol. The number of aryl methyl sites for hydroxylation is 1. The summed E-state index contributed by atoms with van der Waals surface area (Å²) in [7, 11) is 0. The summed E-state index contributed by atoms with van der Waals surface area (Å²) in [4.78, 5) is 14.5. The van der Waals surface area contributed by atoms with Gasteiger partial charge in [-0.2, -0.15) is 5.10 Å². The maximum Gasteiger partial charge on any atom is 0.283 e. The van der Waals surface area contributed by atoms with E-state index in [2.05, 4.69) is 38.2 Å². The summed E-state index contributed by atoms with van der Waals surface area (Å²) in [5.41, 5.74) is 0.695. The first-order valence-corrected chi connectivity index (χ1v) is 8.31. The van der Waals surface area contributed by atoms with Crippen LogP contribution in [0.1, 0.15) is 19.8 Å². The molecule has 1 saturated heterocycles. The Morgan fingerprint density at radius 2 is 2.14 bits per heavy atom. The van der Waals surface area contributed by atoms with Gasteiger partial charge in [-0.3, -0.25) is 9.69 Å².